The summed E-state index contributed by atoms with van der Waals surface area (Å²) >= 11 is 0. The normalized spacial score (nSPS) is 23.6. The minimum absolute atomic E-state index is 0.191. The molecule has 1 aliphatic carbocycles. The number of methoxy groups -OCH3 is 1. The highest BCUT2D eigenvalue weighted by atomic mass is 16.5. The second-order valence-corrected chi connectivity index (χ2v) is 5.01. The van der Waals surface area contributed by atoms with Gasteiger partial charge < -0.3 is 9.84 Å². The fourth-order valence-electron chi connectivity index (χ4n) is 2.93. The zero-order chi connectivity index (χ0) is 13.0. The number of rotatable bonds is 4. The third-order valence-electron chi connectivity index (χ3n) is 3.90. The van der Waals surface area contributed by atoms with Gasteiger partial charge in [0.2, 0.25) is 0 Å². The molecule has 3 nitrogen and oxygen atoms in total. The van der Waals surface area contributed by atoms with Gasteiger partial charge in [0.1, 0.15) is 5.75 Å². The average molecular weight is 248 g/mol. The topological polar surface area (TPSA) is 46.5 Å². The molecule has 1 saturated carbocycles. The lowest BCUT2D eigenvalue weighted by atomic mass is 9.76. The predicted octanol–water partition coefficient (Wildman–Crippen LogP) is 3.13. The smallest absolute Gasteiger partial charge is 0.306 e. The zero-order valence-corrected chi connectivity index (χ0v) is 10.8. The monoisotopic (exact) mass is 248 g/mol. The first-order valence-corrected chi connectivity index (χ1v) is 6.57. The predicted molar refractivity (Wildman–Crippen MR) is 69.8 cm³/mol. The van der Waals surface area contributed by atoms with Crippen molar-refractivity contribution in [3.63, 3.8) is 0 Å². The molecule has 2 unspecified atom stereocenters. The van der Waals surface area contributed by atoms with Crippen LogP contribution in [0.1, 0.15) is 31.2 Å². The summed E-state index contributed by atoms with van der Waals surface area (Å²) in [6.07, 6.45) is 4.81. The molecule has 1 fully saturated rings. The Kier molecular flexibility index (Phi) is 4.24. The second kappa shape index (κ2) is 5.89. The number of hydrogen-bond donors (Lipinski definition) is 1. The summed E-state index contributed by atoms with van der Waals surface area (Å²) in [6.45, 7) is 0. The maximum atomic E-state index is 11.3. The third kappa shape index (κ3) is 2.84. The van der Waals surface area contributed by atoms with Crippen molar-refractivity contribution in [2.75, 3.05) is 7.11 Å². The molecule has 0 bridgehead atoms. The van der Waals surface area contributed by atoms with E-state index in [0.29, 0.717) is 0 Å². The van der Waals surface area contributed by atoms with E-state index in [9.17, 15) is 9.90 Å². The highest BCUT2D eigenvalue weighted by Crippen LogP contribution is 2.34. The van der Waals surface area contributed by atoms with Crippen molar-refractivity contribution in [3.8, 4) is 5.75 Å². The Morgan fingerprint density at radius 3 is 2.78 bits per heavy atom. The van der Waals surface area contributed by atoms with Crippen LogP contribution in [-0.4, -0.2) is 18.2 Å². The molecule has 0 spiro atoms. The van der Waals surface area contributed by atoms with Gasteiger partial charge in [0.25, 0.3) is 0 Å². The van der Waals surface area contributed by atoms with E-state index in [4.69, 9.17) is 4.74 Å². The Morgan fingerprint density at radius 1 is 1.33 bits per heavy atom. The molecular weight excluding hydrogens is 228 g/mol. The molecule has 0 amide bonds. The van der Waals surface area contributed by atoms with Gasteiger partial charge in [-0.15, -0.1) is 0 Å². The van der Waals surface area contributed by atoms with Crippen LogP contribution in [0, 0.1) is 11.8 Å². The second-order valence-electron chi connectivity index (χ2n) is 5.01. The maximum absolute atomic E-state index is 11.3. The maximum Gasteiger partial charge on any atom is 0.306 e. The van der Waals surface area contributed by atoms with Crippen LogP contribution in [0.25, 0.3) is 0 Å². The number of ether oxygens (including phenoxy) is 1. The molecule has 0 radical (unpaired) electrons. The molecule has 0 heterocycles. The van der Waals surface area contributed by atoms with Gasteiger partial charge in [0.15, 0.2) is 0 Å². The first kappa shape index (κ1) is 12.9. The van der Waals surface area contributed by atoms with Crippen LogP contribution < -0.4 is 4.74 Å². The van der Waals surface area contributed by atoms with Gasteiger partial charge in [-0.2, -0.15) is 0 Å². The van der Waals surface area contributed by atoms with Crippen LogP contribution in [0.3, 0.4) is 0 Å². The molecule has 1 aromatic carbocycles. The average Bonchev–Trinajstić information content (AvgIpc) is 2.40. The fraction of sp³-hybridized carbons (Fsp3) is 0.533. The SMILES string of the molecule is COc1ccccc1CC1CCCCC1C(=O)O. The van der Waals surface area contributed by atoms with Crippen LogP contribution in [0.2, 0.25) is 0 Å². The van der Waals surface area contributed by atoms with Crippen LogP contribution in [-0.2, 0) is 11.2 Å². The first-order valence-electron chi connectivity index (χ1n) is 6.57. The quantitative estimate of drug-likeness (QED) is 0.890. The fourth-order valence-corrected chi connectivity index (χ4v) is 2.93. The van der Waals surface area contributed by atoms with Crippen molar-refractivity contribution in [1.82, 2.24) is 0 Å². The van der Waals surface area contributed by atoms with Gasteiger partial charge in [-0.05, 0) is 36.8 Å². The number of carboxylic acid groups (broad SMARTS) is 1. The minimum Gasteiger partial charge on any atom is -0.496 e. The van der Waals surface area contributed by atoms with Gasteiger partial charge in [0, 0.05) is 0 Å². The van der Waals surface area contributed by atoms with E-state index in [0.717, 1.165) is 43.4 Å². The molecular formula is C15H20O3. The third-order valence-corrected chi connectivity index (χ3v) is 3.90. The molecule has 3 heteroatoms. The van der Waals surface area contributed by atoms with Gasteiger partial charge in [0.05, 0.1) is 13.0 Å². The summed E-state index contributed by atoms with van der Waals surface area (Å²) in [5.41, 5.74) is 1.12. The summed E-state index contributed by atoms with van der Waals surface area (Å²) in [5, 5.41) is 9.28. The number of aliphatic carboxylic acids is 1. The zero-order valence-electron chi connectivity index (χ0n) is 10.8. The van der Waals surface area contributed by atoms with E-state index >= 15 is 0 Å². The number of carboxylic acids is 1. The highest BCUT2D eigenvalue weighted by Gasteiger charge is 2.31. The molecule has 98 valence electrons. The Balaban J connectivity index is 2.13. The van der Waals surface area contributed by atoms with Gasteiger partial charge in [-0.3, -0.25) is 4.79 Å². The minimum atomic E-state index is -0.644. The molecule has 0 aliphatic heterocycles. The van der Waals surface area contributed by atoms with Gasteiger partial charge >= 0.3 is 5.97 Å². The molecule has 1 aliphatic rings. The molecule has 2 atom stereocenters. The van der Waals surface area contributed by atoms with Gasteiger partial charge in [-0.1, -0.05) is 31.0 Å². The van der Waals surface area contributed by atoms with Crippen molar-refractivity contribution in [2.45, 2.75) is 32.1 Å². The van der Waals surface area contributed by atoms with E-state index in [-0.39, 0.29) is 11.8 Å². The summed E-state index contributed by atoms with van der Waals surface area (Å²) in [4.78, 5) is 11.3. The van der Waals surface area contributed by atoms with Crippen molar-refractivity contribution < 1.29 is 14.6 Å². The summed E-state index contributed by atoms with van der Waals surface area (Å²) < 4.78 is 5.34. The molecule has 0 saturated heterocycles. The number of hydrogen-bond acceptors (Lipinski definition) is 2. The number of carbonyl (C=O) groups is 1. The van der Waals surface area contributed by atoms with Crippen LogP contribution in [0.15, 0.2) is 24.3 Å². The highest BCUT2D eigenvalue weighted by molar-refractivity contribution is 5.70. The van der Waals surface area contributed by atoms with E-state index < -0.39 is 5.97 Å². The Labute approximate surface area is 108 Å². The Morgan fingerprint density at radius 2 is 2.06 bits per heavy atom. The largest absolute Gasteiger partial charge is 0.496 e. The Hall–Kier alpha value is -1.51. The van der Waals surface area contributed by atoms with Crippen LogP contribution >= 0.6 is 0 Å². The molecule has 0 aromatic heterocycles. The first-order chi connectivity index (χ1) is 8.72. The van der Waals surface area contributed by atoms with E-state index in [1.807, 2.05) is 24.3 Å². The number of para-hydroxylation sites is 1. The van der Waals surface area contributed by atoms with Crippen molar-refractivity contribution in [3.05, 3.63) is 29.8 Å². The number of benzene rings is 1. The summed E-state index contributed by atoms with van der Waals surface area (Å²) in [6, 6.07) is 7.90. The van der Waals surface area contributed by atoms with E-state index in [1.54, 1.807) is 7.11 Å². The summed E-state index contributed by atoms with van der Waals surface area (Å²) in [5.74, 6) is 0.276. The van der Waals surface area contributed by atoms with Crippen molar-refractivity contribution in [1.29, 1.82) is 0 Å². The van der Waals surface area contributed by atoms with Crippen molar-refractivity contribution >= 4 is 5.97 Å². The molecule has 18 heavy (non-hydrogen) atoms. The lowest BCUT2D eigenvalue weighted by molar-refractivity contribution is -0.144. The molecule has 1 N–H and O–H groups in total. The lowest BCUT2D eigenvalue weighted by Crippen LogP contribution is -2.28. The lowest BCUT2D eigenvalue weighted by Gasteiger charge is -2.28. The van der Waals surface area contributed by atoms with Crippen molar-refractivity contribution in [2.24, 2.45) is 11.8 Å². The summed E-state index contributed by atoms with van der Waals surface area (Å²) in [7, 11) is 1.66. The molecule has 2 rings (SSSR count). The molecule has 1 aromatic rings. The van der Waals surface area contributed by atoms with Crippen LogP contribution in [0.4, 0.5) is 0 Å². The van der Waals surface area contributed by atoms with Crippen LogP contribution in [0.5, 0.6) is 5.75 Å². The van der Waals surface area contributed by atoms with Gasteiger partial charge in [-0.25, -0.2) is 0 Å². The van der Waals surface area contributed by atoms with E-state index in [2.05, 4.69) is 0 Å². The standard InChI is InChI=1S/C15H20O3/c1-18-14-9-5-3-7-12(14)10-11-6-2-4-8-13(11)15(16)17/h3,5,7,9,11,13H,2,4,6,8,10H2,1H3,(H,16,17). The Bertz CT molecular complexity index is 414. The van der Waals surface area contributed by atoms with E-state index in [1.165, 1.54) is 0 Å².